The first-order valence-corrected chi connectivity index (χ1v) is 8.81. The summed E-state index contributed by atoms with van der Waals surface area (Å²) in [6, 6.07) is 6.93. The van der Waals surface area contributed by atoms with Crippen LogP contribution in [-0.4, -0.2) is 43.3 Å². The van der Waals surface area contributed by atoms with Gasteiger partial charge in [0.2, 0.25) is 0 Å². The summed E-state index contributed by atoms with van der Waals surface area (Å²) in [6.45, 7) is 2.40. The lowest BCUT2D eigenvalue weighted by Crippen LogP contribution is -2.40. The van der Waals surface area contributed by atoms with E-state index in [4.69, 9.17) is 0 Å². The van der Waals surface area contributed by atoms with Crippen molar-refractivity contribution < 1.29 is 13.2 Å². The summed E-state index contributed by atoms with van der Waals surface area (Å²) in [5.41, 5.74) is 0.592. The maximum absolute atomic E-state index is 12.4. The third-order valence-electron chi connectivity index (χ3n) is 3.34. The van der Waals surface area contributed by atoms with Gasteiger partial charge in [0.1, 0.15) is 0 Å². The van der Waals surface area contributed by atoms with Crippen molar-refractivity contribution >= 4 is 31.7 Å². The number of hydrogen-bond donors (Lipinski definition) is 0. The Kier molecular flexibility index (Phi) is 4.30. The average Bonchev–Trinajstić information content (AvgIpc) is 2.71. The van der Waals surface area contributed by atoms with Crippen molar-refractivity contribution in [3.8, 4) is 0 Å². The Morgan fingerprint density at radius 1 is 1.37 bits per heavy atom. The van der Waals surface area contributed by atoms with Gasteiger partial charge in [0, 0.05) is 22.6 Å². The van der Waals surface area contributed by atoms with E-state index >= 15 is 0 Å². The second-order valence-corrected chi connectivity index (χ2v) is 7.80. The number of carbonyl (C=O) groups is 1. The molecule has 1 atom stereocenters. The summed E-state index contributed by atoms with van der Waals surface area (Å²) >= 11 is 3.33. The Hall–Kier alpha value is -0.880. The summed E-state index contributed by atoms with van der Waals surface area (Å²) < 4.78 is 24.0. The molecule has 1 aromatic carbocycles. The number of amides is 1. The molecule has 0 bridgehead atoms. The van der Waals surface area contributed by atoms with Gasteiger partial charge in [0.25, 0.3) is 5.91 Å². The molecular weight excluding hydrogens is 330 g/mol. The van der Waals surface area contributed by atoms with Crippen LogP contribution in [0, 0.1) is 0 Å². The van der Waals surface area contributed by atoms with Crippen LogP contribution in [0.5, 0.6) is 0 Å². The molecule has 1 amide bonds. The highest BCUT2D eigenvalue weighted by atomic mass is 79.9. The number of benzene rings is 1. The van der Waals surface area contributed by atoms with E-state index < -0.39 is 9.84 Å². The molecule has 2 rings (SSSR count). The number of sulfone groups is 1. The number of rotatable bonds is 3. The third kappa shape index (κ3) is 3.36. The molecule has 0 unspecified atom stereocenters. The highest BCUT2D eigenvalue weighted by molar-refractivity contribution is 9.10. The molecule has 4 nitrogen and oxygen atoms in total. The highest BCUT2D eigenvalue weighted by Crippen LogP contribution is 2.20. The number of carbonyl (C=O) groups excluding carboxylic acids is 1. The molecule has 1 saturated heterocycles. The van der Waals surface area contributed by atoms with Gasteiger partial charge < -0.3 is 4.90 Å². The van der Waals surface area contributed by atoms with Crippen LogP contribution in [-0.2, 0) is 9.84 Å². The monoisotopic (exact) mass is 345 g/mol. The van der Waals surface area contributed by atoms with Crippen LogP contribution in [0.1, 0.15) is 23.7 Å². The van der Waals surface area contributed by atoms with E-state index in [1.165, 1.54) is 0 Å². The molecule has 1 aromatic rings. The van der Waals surface area contributed by atoms with E-state index in [1.807, 2.05) is 19.1 Å². The molecule has 0 radical (unpaired) electrons. The minimum absolute atomic E-state index is 0.0864. The molecule has 0 saturated carbocycles. The van der Waals surface area contributed by atoms with Gasteiger partial charge >= 0.3 is 0 Å². The summed E-state index contributed by atoms with van der Waals surface area (Å²) in [6.07, 6.45) is 0.540. The molecule has 19 heavy (non-hydrogen) atoms. The minimum atomic E-state index is -2.97. The van der Waals surface area contributed by atoms with Gasteiger partial charge in [0.05, 0.1) is 11.5 Å². The minimum Gasteiger partial charge on any atom is -0.335 e. The molecule has 0 N–H and O–H groups in total. The standard InChI is InChI=1S/C13H16BrNO3S/c1-2-15(12-7-8-19(17,18)9-12)13(16)10-3-5-11(14)6-4-10/h3-6,12H,2,7-9H2,1H3/t12-/m0/s1. The molecule has 1 fully saturated rings. The summed E-state index contributed by atoms with van der Waals surface area (Å²) in [4.78, 5) is 14.1. The molecule has 1 aliphatic heterocycles. The Balaban J connectivity index is 2.18. The van der Waals surface area contributed by atoms with Crippen molar-refractivity contribution in [1.82, 2.24) is 4.90 Å². The van der Waals surface area contributed by atoms with E-state index in [-0.39, 0.29) is 23.5 Å². The van der Waals surface area contributed by atoms with Crippen molar-refractivity contribution in [3.05, 3.63) is 34.3 Å². The summed E-state index contributed by atoms with van der Waals surface area (Å²) in [7, 11) is -2.97. The summed E-state index contributed by atoms with van der Waals surface area (Å²) in [5, 5.41) is 0. The van der Waals surface area contributed by atoms with Gasteiger partial charge in [-0.3, -0.25) is 4.79 Å². The van der Waals surface area contributed by atoms with E-state index in [0.717, 1.165) is 4.47 Å². The molecule has 6 heteroatoms. The second-order valence-electron chi connectivity index (χ2n) is 4.65. The van der Waals surface area contributed by atoms with E-state index in [9.17, 15) is 13.2 Å². The van der Waals surface area contributed by atoms with Crippen molar-refractivity contribution in [2.24, 2.45) is 0 Å². The lowest BCUT2D eigenvalue weighted by Gasteiger charge is -2.26. The van der Waals surface area contributed by atoms with Crippen molar-refractivity contribution in [3.63, 3.8) is 0 Å². The van der Waals surface area contributed by atoms with Gasteiger partial charge in [-0.1, -0.05) is 15.9 Å². The van der Waals surface area contributed by atoms with Crippen LogP contribution in [0.3, 0.4) is 0 Å². The van der Waals surface area contributed by atoms with Gasteiger partial charge in [-0.15, -0.1) is 0 Å². The van der Waals surface area contributed by atoms with Crippen LogP contribution >= 0.6 is 15.9 Å². The first kappa shape index (κ1) is 14.5. The molecule has 0 aliphatic carbocycles. The maximum Gasteiger partial charge on any atom is 0.254 e. The molecule has 1 aliphatic rings. The van der Waals surface area contributed by atoms with Crippen LogP contribution in [0.2, 0.25) is 0 Å². The first-order chi connectivity index (χ1) is 8.93. The first-order valence-electron chi connectivity index (χ1n) is 6.20. The van der Waals surface area contributed by atoms with Crippen LogP contribution in [0.15, 0.2) is 28.7 Å². The summed E-state index contributed by atoms with van der Waals surface area (Å²) in [5.74, 6) is 0.169. The second kappa shape index (κ2) is 5.63. The average molecular weight is 346 g/mol. The van der Waals surface area contributed by atoms with Crippen molar-refractivity contribution in [2.75, 3.05) is 18.1 Å². The largest absolute Gasteiger partial charge is 0.335 e. The zero-order valence-corrected chi connectivity index (χ0v) is 13.1. The number of nitrogens with zero attached hydrogens (tertiary/aromatic N) is 1. The zero-order valence-electron chi connectivity index (χ0n) is 10.7. The predicted octanol–water partition coefficient (Wildman–Crippen LogP) is 2.10. The Morgan fingerprint density at radius 3 is 2.47 bits per heavy atom. The van der Waals surface area contributed by atoms with Gasteiger partial charge in [-0.05, 0) is 37.6 Å². The molecule has 104 valence electrons. The van der Waals surface area contributed by atoms with E-state index in [0.29, 0.717) is 18.5 Å². The molecular formula is C13H16BrNO3S. The van der Waals surface area contributed by atoms with Crippen molar-refractivity contribution in [1.29, 1.82) is 0 Å². The molecule has 1 heterocycles. The topological polar surface area (TPSA) is 54.5 Å². The third-order valence-corrected chi connectivity index (χ3v) is 5.62. The number of halogens is 1. The lowest BCUT2D eigenvalue weighted by atomic mass is 10.1. The maximum atomic E-state index is 12.4. The fourth-order valence-electron chi connectivity index (χ4n) is 2.35. The van der Waals surface area contributed by atoms with Crippen LogP contribution in [0.25, 0.3) is 0 Å². The van der Waals surface area contributed by atoms with Crippen LogP contribution < -0.4 is 0 Å². The SMILES string of the molecule is CCN(C(=O)c1ccc(Br)cc1)[C@H]1CCS(=O)(=O)C1. The zero-order chi connectivity index (χ0) is 14.0. The van der Waals surface area contributed by atoms with Gasteiger partial charge in [-0.25, -0.2) is 8.42 Å². The fraction of sp³-hybridized carbons (Fsp3) is 0.462. The molecule has 0 spiro atoms. The molecule has 0 aromatic heterocycles. The fourth-order valence-corrected chi connectivity index (χ4v) is 4.34. The normalized spacial score (nSPS) is 21.3. The predicted molar refractivity (Wildman–Crippen MR) is 77.9 cm³/mol. The number of hydrogen-bond acceptors (Lipinski definition) is 3. The Morgan fingerprint density at radius 2 is 2.00 bits per heavy atom. The van der Waals surface area contributed by atoms with Gasteiger partial charge in [-0.2, -0.15) is 0 Å². The van der Waals surface area contributed by atoms with Crippen molar-refractivity contribution in [2.45, 2.75) is 19.4 Å². The quantitative estimate of drug-likeness (QED) is 0.842. The highest BCUT2D eigenvalue weighted by Gasteiger charge is 2.34. The Labute approximate surface area is 121 Å². The Bertz CT molecular complexity index is 568. The van der Waals surface area contributed by atoms with Gasteiger partial charge in [0.15, 0.2) is 9.84 Å². The van der Waals surface area contributed by atoms with E-state index in [1.54, 1.807) is 17.0 Å². The smallest absolute Gasteiger partial charge is 0.254 e. The van der Waals surface area contributed by atoms with Crippen LogP contribution in [0.4, 0.5) is 0 Å². The van der Waals surface area contributed by atoms with E-state index in [2.05, 4.69) is 15.9 Å². The lowest BCUT2D eigenvalue weighted by molar-refractivity contribution is 0.0708.